The van der Waals surface area contributed by atoms with Gasteiger partial charge in [-0.05, 0) is 92.3 Å². The fourth-order valence-electron chi connectivity index (χ4n) is 5.90. The summed E-state index contributed by atoms with van der Waals surface area (Å²) in [5.41, 5.74) is 2.82. The van der Waals surface area contributed by atoms with E-state index in [-0.39, 0.29) is 11.6 Å². The summed E-state index contributed by atoms with van der Waals surface area (Å²) in [7, 11) is 4.42. The summed E-state index contributed by atoms with van der Waals surface area (Å²) < 4.78 is 16.0. The number of thioether (sulfide) groups is 1. The number of hydrogen-bond donors (Lipinski definition) is 3. The van der Waals surface area contributed by atoms with E-state index in [0.29, 0.717) is 45.3 Å². The van der Waals surface area contributed by atoms with E-state index < -0.39 is 23.0 Å². The normalized spacial score (nSPS) is 13.4. The van der Waals surface area contributed by atoms with Crippen LogP contribution in [0.15, 0.2) is 83.4 Å². The summed E-state index contributed by atoms with van der Waals surface area (Å²) in [6.45, 7) is 1.93. The topological polar surface area (TPSA) is 132 Å². The Morgan fingerprint density at radius 1 is 0.865 bits per heavy atom. The van der Waals surface area contributed by atoms with Crippen molar-refractivity contribution >= 4 is 63.6 Å². The number of methoxy groups -OCH3 is 3. The number of anilines is 2. The van der Waals surface area contributed by atoms with Gasteiger partial charge in [0.25, 0.3) is 11.8 Å². The molecule has 0 radical (unpaired) electrons. The van der Waals surface area contributed by atoms with Crippen LogP contribution in [0.1, 0.15) is 75.7 Å². The molecule has 52 heavy (non-hydrogen) atoms. The molecule has 5 rings (SSSR count). The van der Waals surface area contributed by atoms with Crippen molar-refractivity contribution in [2.24, 2.45) is 0 Å². The van der Waals surface area contributed by atoms with Gasteiger partial charge in [-0.2, -0.15) is 0 Å². The first-order valence-electron chi connectivity index (χ1n) is 17.2. The third-order valence-electron chi connectivity index (χ3n) is 8.60. The number of esters is 1. The second kappa shape index (κ2) is 18.4. The van der Waals surface area contributed by atoms with Crippen LogP contribution in [0, 0.1) is 0 Å². The number of amides is 3. The van der Waals surface area contributed by atoms with Crippen molar-refractivity contribution in [3.63, 3.8) is 0 Å². The largest absolute Gasteiger partial charge is 0.497 e. The highest BCUT2D eigenvalue weighted by molar-refractivity contribution is 8.00. The highest BCUT2D eigenvalue weighted by atomic mass is 32.2. The summed E-state index contributed by atoms with van der Waals surface area (Å²) in [5, 5.41) is 8.74. The number of nitrogens with one attached hydrogen (secondary N) is 3. The molecule has 12 heteroatoms. The monoisotopic (exact) mass is 741 g/mol. The van der Waals surface area contributed by atoms with Crippen LogP contribution in [0.5, 0.6) is 11.5 Å². The SMILES string of the molecule is CCC(Sc1cccc(NC(=O)/C(=C\c2cc(OC)ccc2OC)NC(=O)c2ccccc2)c1)C(=O)Nc1sc2c(c1C(=O)OC)CCCCCC2. The molecule has 1 aliphatic rings. The highest BCUT2D eigenvalue weighted by Crippen LogP contribution is 2.38. The van der Waals surface area contributed by atoms with E-state index in [1.165, 1.54) is 50.5 Å². The van der Waals surface area contributed by atoms with Crippen molar-refractivity contribution in [2.75, 3.05) is 32.0 Å². The van der Waals surface area contributed by atoms with Gasteiger partial charge < -0.3 is 30.2 Å². The number of carbonyl (C=O) groups excluding carboxylic acids is 4. The maximum absolute atomic E-state index is 13.8. The molecule has 0 bridgehead atoms. The maximum atomic E-state index is 13.8. The zero-order chi connectivity index (χ0) is 37.0. The molecule has 3 N–H and O–H groups in total. The van der Waals surface area contributed by atoms with Crippen molar-refractivity contribution < 1.29 is 33.4 Å². The molecule has 1 unspecified atom stereocenters. The first kappa shape index (κ1) is 38.2. The number of aryl methyl sites for hydroxylation is 1. The molecule has 0 fully saturated rings. The zero-order valence-corrected chi connectivity index (χ0v) is 31.3. The lowest BCUT2D eigenvalue weighted by molar-refractivity contribution is -0.116. The first-order chi connectivity index (χ1) is 25.2. The van der Waals surface area contributed by atoms with Crippen molar-refractivity contribution in [1.82, 2.24) is 5.32 Å². The predicted molar refractivity (Wildman–Crippen MR) is 207 cm³/mol. The highest BCUT2D eigenvalue weighted by Gasteiger charge is 2.28. The quantitative estimate of drug-likeness (QED) is 0.0712. The molecule has 0 saturated carbocycles. The number of rotatable bonds is 13. The Balaban J connectivity index is 1.35. The Morgan fingerprint density at radius 3 is 2.35 bits per heavy atom. The minimum atomic E-state index is -0.565. The minimum absolute atomic E-state index is 0.0178. The Labute approximate surface area is 312 Å². The first-order valence-corrected chi connectivity index (χ1v) is 18.9. The third kappa shape index (κ3) is 9.62. The molecule has 0 aliphatic heterocycles. The van der Waals surface area contributed by atoms with Crippen LogP contribution in [0.4, 0.5) is 10.7 Å². The minimum Gasteiger partial charge on any atom is -0.497 e. The Bertz CT molecular complexity index is 1940. The number of thiophene rings is 1. The Hall–Kier alpha value is -5.07. The Morgan fingerprint density at radius 2 is 1.63 bits per heavy atom. The molecule has 0 saturated heterocycles. The van der Waals surface area contributed by atoms with Crippen LogP contribution >= 0.6 is 23.1 Å². The Kier molecular flexibility index (Phi) is 13.5. The average Bonchev–Trinajstić information content (AvgIpc) is 3.48. The van der Waals surface area contributed by atoms with Gasteiger partial charge in [0.1, 0.15) is 22.2 Å². The van der Waals surface area contributed by atoms with Crippen molar-refractivity contribution in [2.45, 2.75) is 62.0 Å². The molecular weight excluding hydrogens is 699 g/mol. The van der Waals surface area contributed by atoms with Gasteiger partial charge in [-0.25, -0.2) is 4.79 Å². The molecule has 1 aromatic heterocycles. The lowest BCUT2D eigenvalue weighted by Crippen LogP contribution is -2.30. The lowest BCUT2D eigenvalue weighted by atomic mass is 9.96. The average molecular weight is 742 g/mol. The van der Waals surface area contributed by atoms with Crippen LogP contribution in [-0.2, 0) is 27.2 Å². The molecule has 1 aliphatic carbocycles. The zero-order valence-electron chi connectivity index (χ0n) is 29.7. The van der Waals surface area contributed by atoms with E-state index in [9.17, 15) is 19.2 Å². The van der Waals surface area contributed by atoms with E-state index in [1.807, 2.05) is 13.0 Å². The van der Waals surface area contributed by atoms with Crippen LogP contribution in [0.25, 0.3) is 6.08 Å². The molecule has 1 atom stereocenters. The van der Waals surface area contributed by atoms with Gasteiger partial charge in [0.05, 0.1) is 32.1 Å². The van der Waals surface area contributed by atoms with E-state index in [0.717, 1.165) is 53.9 Å². The fourth-order valence-corrected chi connectivity index (χ4v) is 8.19. The van der Waals surface area contributed by atoms with E-state index >= 15 is 0 Å². The van der Waals surface area contributed by atoms with Crippen LogP contribution in [-0.4, -0.2) is 50.3 Å². The number of fused-ring (bicyclic) bond motifs is 1. The van der Waals surface area contributed by atoms with Gasteiger partial charge in [-0.3, -0.25) is 14.4 Å². The standard InChI is InChI=1S/C40H43N3O7S2/c1-5-33(38(46)43-39-35(40(47)50-4)30-18-11-6-7-12-19-34(30)52-39)51-29-17-13-16-27(24-29)41-37(45)31(42-36(44)25-14-9-8-10-15-25)23-26-22-28(48-2)20-21-32(26)49-3/h8-10,13-17,20-24,33H,5-7,11-12,18-19H2,1-4H3,(H,41,45)(H,42,44)(H,43,46)/b31-23+. The lowest BCUT2D eigenvalue weighted by Gasteiger charge is -2.16. The number of carbonyl (C=O) groups is 4. The van der Waals surface area contributed by atoms with Gasteiger partial charge in [0, 0.05) is 26.6 Å². The molecule has 4 aromatic rings. The van der Waals surface area contributed by atoms with Crippen molar-refractivity contribution in [3.8, 4) is 11.5 Å². The second-order valence-corrected chi connectivity index (χ2v) is 14.5. The number of hydrogen-bond acceptors (Lipinski definition) is 9. The van der Waals surface area contributed by atoms with E-state index in [4.69, 9.17) is 14.2 Å². The summed E-state index contributed by atoms with van der Waals surface area (Å²) >= 11 is 2.83. The van der Waals surface area contributed by atoms with E-state index in [1.54, 1.807) is 66.7 Å². The van der Waals surface area contributed by atoms with Crippen molar-refractivity contribution in [1.29, 1.82) is 0 Å². The summed E-state index contributed by atoms with van der Waals surface area (Å²) in [5.74, 6) is -0.651. The van der Waals surface area contributed by atoms with Crippen LogP contribution in [0.3, 0.4) is 0 Å². The smallest absolute Gasteiger partial charge is 0.341 e. The number of ether oxygens (including phenoxy) is 3. The van der Waals surface area contributed by atoms with E-state index in [2.05, 4.69) is 16.0 Å². The molecule has 10 nitrogen and oxygen atoms in total. The molecule has 272 valence electrons. The molecule has 0 spiro atoms. The maximum Gasteiger partial charge on any atom is 0.341 e. The molecule has 3 aromatic carbocycles. The second-order valence-electron chi connectivity index (χ2n) is 12.1. The van der Waals surface area contributed by atoms with Gasteiger partial charge in [0.2, 0.25) is 5.91 Å². The molecular formula is C40H43N3O7S2. The molecule has 1 heterocycles. The number of benzene rings is 3. The summed E-state index contributed by atoms with van der Waals surface area (Å²) in [6.07, 6.45) is 8.02. The van der Waals surface area contributed by atoms with Gasteiger partial charge in [-0.15, -0.1) is 23.1 Å². The van der Waals surface area contributed by atoms with Gasteiger partial charge in [-0.1, -0.05) is 44.0 Å². The summed E-state index contributed by atoms with van der Waals surface area (Å²) in [6, 6.07) is 20.9. The molecule has 3 amide bonds. The third-order valence-corrected chi connectivity index (χ3v) is 11.2. The van der Waals surface area contributed by atoms with Gasteiger partial charge in [0.15, 0.2) is 0 Å². The van der Waals surface area contributed by atoms with Crippen LogP contribution < -0.4 is 25.4 Å². The van der Waals surface area contributed by atoms with Crippen molar-refractivity contribution in [3.05, 3.63) is 106 Å². The van der Waals surface area contributed by atoms with Gasteiger partial charge >= 0.3 is 5.97 Å². The van der Waals surface area contributed by atoms with Crippen LogP contribution in [0.2, 0.25) is 0 Å². The summed E-state index contributed by atoms with van der Waals surface area (Å²) in [4.78, 5) is 55.5. The fraction of sp³-hybridized carbons (Fsp3) is 0.300. The predicted octanol–water partition coefficient (Wildman–Crippen LogP) is 8.13.